The van der Waals surface area contributed by atoms with Crippen LogP contribution in [0.25, 0.3) is 0 Å². The maximum Gasteiger partial charge on any atom is 1.00 e. The molecule has 0 fully saturated rings. The average Bonchev–Trinajstić information content (AvgIpc) is 2.35. The van der Waals surface area contributed by atoms with Gasteiger partial charge < -0.3 is 14.0 Å². The summed E-state index contributed by atoms with van der Waals surface area (Å²) in [5.74, 6) is -0.952. The van der Waals surface area contributed by atoms with Gasteiger partial charge in [-0.05, 0) is 25.0 Å². The van der Waals surface area contributed by atoms with Gasteiger partial charge in [0.15, 0.2) is 0 Å². The van der Waals surface area contributed by atoms with Crippen LogP contribution in [0, 0.1) is 0 Å². The van der Waals surface area contributed by atoms with Crippen molar-refractivity contribution in [3.63, 3.8) is 0 Å². The van der Waals surface area contributed by atoms with Crippen LogP contribution in [-0.2, 0) is 20.2 Å². The second kappa shape index (κ2) is 12.2. The zero-order chi connectivity index (χ0) is 15.9. The minimum absolute atomic E-state index is 0. The van der Waals surface area contributed by atoms with Crippen molar-refractivity contribution >= 4 is 25.9 Å². The van der Waals surface area contributed by atoms with Crippen LogP contribution in [0.5, 0.6) is 0 Å². The fraction of sp³-hybridized carbons (Fsp3) is 0.500. The van der Waals surface area contributed by atoms with Gasteiger partial charge in [-0.15, -0.1) is 0 Å². The van der Waals surface area contributed by atoms with Crippen molar-refractivity contribution in [1.82, 2.24) is 0 Å². The predicted octanol–water partition coefficient (Wildman–Crippen LogP) is -5.63. The van der Waals surface area contributed by atoms with E-state index in [4.69, 9.17) is 0 Å². The van der Waals surface area contributed by atoms with Crippen LogP contribution >= 0.6 is 0 Å². The SMILES string of the molecule is O=S(=O)([O-])CCCN(CCCS(=O)(=O)[O-])c1ccccc1.[Na+].[Na+]. The van der Waals surface area contributed by atoms with Gasteiger partial charge in [0.2, 0.25) is 0 Å². The van der Waals surface area contributed by atoms with Gasteiger partial charge in [0, 0.05) is 30.3 Å². The summed E-state index contributed by atoms with van der Waals surface area (Å²) >= 11 is 0. The topological polar surface area (TPSA) is 118 Å². The number of benzene rings is 1. The third-order valence-corrected chi connectivity index (χ3v) is 4.34. The summed E-state index contributed by atoms with van der Waals surface area (Å²) < 4.78 is 63.6. The zero-order valence-corrected chi connectivity index (χ0v) is 19.0. The quantitative estimate of drug-likeness (QED) is 0.309. The Hall–Kier alpha value is 0.840. The van der Waals surface area contributed by atoms with Crippen LogP contribution in [0.2, 0.25) is 0 Å². The Bertz CT molecular complexity index is 599. The van der Waals surface area contributed by atoms with Gasteiger partial charge >= 0.3 is 59.1 Å². The van der Waals surface area contributed by atoms with Crippen molar-refractivity contribution in [3.05, 3.63) is 30.3 Å². The summed E-state index contributed by atoms with van der Waals surface area (Å²) in [7, 11) is -8.54. The number of anilines is 1. The number of hydrogen-bond acceptors (Lipinski definition) is 7. The van der Waals surface area contributed by atoms with Gasteiger partial charge in [0.05, 0.1) is 20.2 Å². The Morgan fingerprint density at radius 1 is 0.783 bits per heavy atom. The molecule has 23 heavy (non-hydrogen) atoms. The largest absolute Gasteiger partial charge is 1.00 e. The maximum absolute atomic E-state index is 10.6. The molecular weight excluding hydrogens is 364 g/mol. The zero-order valence-electron chi connectivity index (χ0n) is 13.3. The van der Waals surface area contributed by atoms with E-state index >= 15 is 0 Å². The van der Waals surface area contributed by atoms with Crippen LogP contribution in [0.15, 0.2) is 30.3 Å². The monoisotopic (exact) mass is 381 g/mol. The number of nitrogens with zero attached hydrogens (tertiary/aromatic N) is 1. The standard InChI is InChI=1S/C12H19NO6S2.2Na/c14-20(15,16)10-4-8-13(9-5-11-21(17,18)19)12-6-2-1-3-7-12;;/h1-3,6-7H,4-5,8-11H2,(H,14,15,16)(H,17,18,19);;/q;2*+1/p-2. The molecule has 0 saturated carbocycles. The Labute approximate surface area is 181 Å². The van der Waals surface area contributed by atoms with E-state index in [0.717, 1.165) is 5.69 Å². The summed E-state index contributed by atoms with van der Waals surface area (Å²) in [5, 5.41) is 0. The summed E-state index contributed by atoms with van der Waals surface area (Å²) in [6.07, 6.45) is 0.287. The van der Waals surface area contributed by atoms with Crippen LogP contribution in [-0.4, -0.2) is 50.5 Å². The van der Waals surface area contributed by atoms with Crippen LogP contribution in [0.4, 0.5) is 5.69 Å². The minimum Gasteiger partial charge on any atom is -0.748 e. The molecule has 7 nitrogen and oxygen atoms in total. The molecular formula is C12H17NNa2O6S2. The molecule has 0 bridgehead atoms. The average molecular weight is 381 g/mol. The molecule has 0 unspecified atom stereocenters. The first-order chi connectivity index (χ1) is 9.67. The normalized spacial score (nSPS) is 11.2. The Balaban J connectivity index is 0. The molecule has 0 spiro atoms. The number of para-hydroxylation sites is 1. The second-order valence-corrected chi connectivity index (χ2v) is 7.60. The van der Waals surface area contributed by atoms with E-state index in [1.807, 2.05) is 6.07 Å². The molecule has 0 atom stereocenters. The summed E-state index contributed by atoms with van der Waals surface area (Å²) in [6, 6.07) is 8.97. The van der Waals surface area contributed by atoms with Crippen molar-refractivity contribution in [2.75, 3.05) is 29.5 Å². The van der Waals surface area contributed by atoms with E-state index in [0.29, 0.717) is 13.1 Å². The van der Waals surface area contributed by atoms with Crippen LogP contribution in [0.1, 0.15) is 12.8 Å². The van der Waals surface area contributed by atoms with Crippen molar-refractivity contribution < 1.29 is 85.1 Å². The van der Waals surface area contributed by atoms with E-state index in [2.05, 4.69) is 0 Å². The van der Waals surface area contributed by atoms with Crippen LogP contribution in [0.3, 0.4) is 0 Å². The van der Waals surface area contributed by atoms with E-state index in [9.17, 15) is 25.9 Å². The Morgan fingerprint density at radius 2 is 1.17 bits per heavy atom. The second-order valence-electron chi connectivity index (χ2n) is 4.55. The maximum atomic E-state index is 10.6. The fourth-order valence-electron chi connectivity index (χ4n) is 1.87. The molecule has 0 aromatic heterocycles. The summed E-state index contributed by atoms with van der Waals surface area (Å²) in [4.78, 5) is 1.76. The van der Waals surface area contributed by atoms with Gasteiger partial charge in [-0.25, -0.2) is 16.8 Å². The van der Waals surface area contributed by atoms with Gasteiger partial charge in [0.25, 0.3) is 0 Å². The summed E-state index contributed by atoms with van der Waals surface area (Å²) in [5.41, 5.74) is 0.782. The van der Waals surface area contributed by atoms with E-state index < -0.39 is 31.7 Å². The molecule has 0 saturated heterocycles. The molecule has 0 aliphatic heterocycles. The molecule has 1 aromatic rings. The van der Waals surface area contributed by atoms with Crippen molar-refractivity contribution in [2.24, 2.45) is 0 Å². The first-order valence-electron chi connectivity index (χ1n) is 6.34. The van der Waals surface area contributed by atoms with Crippen molar-refractivity contribution in [1.29, 1.82) is 0 Å². The molecule has 1 aromatic carbocycles. The van der Waals surface area contributed by atoms with E-state index in [1.54, 1.807) is 29.2 Å². The number of rotatable bonds is 9. The smallest absolute Gasteiger partial charge is 0.748 e. The third kappa shape index (κ3) is 13.8. The van der Waals surface area contributed by atoms with Crippen LogP contribution < -0.4 is 64.0 Å². The molecule has 1 rings (SSSR count). The molecule has 0 heterocycles. The molecule has 11 heteroatoms. The van der Waals surface area contributed by atoms with Gasteiger partial charge in [-0.1, -0.05) is 18.2 Å². The van der Waals surface area contributed by atoms with Gasteiger partial charge in [0.1, 0.15) is 0 Å². The molecule has 0 radical (unpaired) electrons. The van der Waals surface area contributed by atoms with Crippen molar-refractivity contribution in [3.8, 4) is 0 Å². The minimum atomic E-state index is -4.27. The predicted molar refractivity (Wildman–Crippen MR) is 77.0 cm³/mol. The molecule has 0 aliphatic carbocycles. The van der Waals surface area contributed by atoms with E-state index in [1.165, 1.54) is 0 Å². The number of hydrogen-bond donors (Lipinski definition) is 0. The first kappa shape index (κ1) is 26.1. The first-order valence-corrected chi connectivity index (χ1v) is 9.50. The molecule has 0 aliphatic rings. The molecule has 0 N–H and O–H groups in total. The van der Waals surface area contributed by atoms with Crippen molar-refractivity contribution in [2.45, 2.75) is 12.8 Å². The fourth-order valence-corrected chi connectivity index (χ4v) is 2.84. The molecule has 120 valence electrons. The van der Waals surface area contributed by atoms with E-state index in [-0.39, 0.29) is 72.0 Å². The summed E-state index contributed by atoms with van der Waals surface area (Å²) in [6.45, 7) is 0.592. The van der Waals surface area contributed by atoms with Gasteiger partial charge in [-0.2, -0.15) is 0 Å². The Kier molecular flexibility index (Phi) is 13.9. The third-order valence-electron chi connectivity index (χ3n) is 2.77. The Morgan fingerprint density at radius 3 is 1.52 bits per heavy atom. The molecule has 0 amide bonds. The van der Waals surface area contributed by atoms with Gasteiger partial charge in [-0.3, -0.25) is 0 Å².